The first-order chi connectivity index (χ1) is 11.5. The van der Waals surface area contributed by atoms with E-state index >= 15 is 0 Å². The fraction of sp³-hybridized carbons (Fsp3) is 0.300. The lowest BCUT2D eigenvalue weighted by atomic mass is 9.76. The Morgan fingerprint density at radius 3 is 2.62 bits per heavy atom. The molecule has 24 heavy (non-hydrogen) atoms. The van der Waals surface area contributed by atoms with E-state index in [-0.39, 0.29) is 22.6 Å². The molecule has 2 aromatic carbocycles. The number of nitrogens with one attached hydrogen (secondary N) is 1. The number of nitro groups is 1. The lowest BCUT2D eigenvalue weighted by Crippen LogP contribution is -2.29. The maximum absolute atomic E-state index is 11.2. The Morgan fingerprint density at radius 1 is 1.17 bits per heavy atom. The van der Waals surface area contributed by atoms with E-state index in [2.05, 4.69) is 48.7 Å². The molecule has 0 bridgehead atoms. The van der Waals surface area contributed by atoms with Crippen molar-refractivity contribution in [3.63, 3.8) is 0 Å². The maximum atomic E-state index is 11.2. The van der Waals surface area contributed by atoms with Crippen LogP contribution >= 0.6 is 0 Å². The molecule has 0 spiro atoms. The smallest absolute Gasteiger partial charge is 0.270 e. The van der Waals surface area contributed by atoms with E-state index in [9.17, 15) is 10.1 Å². The first-order valence-corrected chi connectivity index (χ1v) is 8.33. The van der Waals surface area contributed by atoms with E-state index in [0.29, 0.717) is 5.92 Å². The first-order valence-electron chi connectivity index (χ1n) is 8.33. The third-order valence-electron chi connectivity index (χ3n) is 5.30. The molecule has 4 rings (SSSR count). The number of fused-ring (bicyclic) bond motifs is 3. The molecule has 1 heterocycles. The molecule has 2 aliphatic rings. The fourth-order valence-electron chi connectivity index (χ4n) is 4.08. The Labute approximate surface area is 141 Å². The van der Waals surface area contributed by atoms with Crippen molar-refractivity contribution in [1.82, 2.24) is 0 Å². The van der Waals surface area contributed by atoms with Gasteiger partial charge in [-0.1, -0.05) is 42.0 Å². The number of hydrogen-bond acceptors (Lipinski definition) is 3. The van der Waals surface area contributed by atoms with Crippen LogP contribution in [0.15, 0.2) is 48.6 Å². The summed E-state index contributed by atoms with van der Waals surface area (Å²) >= 11 is 0. The summed E-state index contributed by atoms with van der Waals surface area (Å²) in [5.74, 6) is 0.646. The molecular weight excluding hydrogens is 300 g/mol. The number of hydrogen-bond donors (Lipinski definition) is 1. The van der Waals surface area contributed by atoms with Crippen molar-refractivity contribution >= 4 is 11.4 Å². The summed E-state index contributed by atoms with van der Waals surface area (Å²) in [6, 6.07) is 12.3. The molecule has 1 aliphatic heterocycles. The molecule has 4 heteroatoms. The van der Waals surface area contributed by atoms with Crippen molar-refractivity contribution in [2.45, 2.75) is 32.2 Å². The minimum Gasteiger partial charge on any atom is -0.377 e. The molecule has 3 atom stereocenters. The molecule has 0 fully saturated rings. The van der Waals surface area contributed by atoms with Gasteiger partial charge in [-0.2, -0.15) is 0 Å². The zero-order valence-electron chi connectivity index (χ0n) is 13.8. The van der Waals surface area contributed by atoms with Gasteiger partial charge in [-0.25, -0.2) is 0 Å². The number of nitro benzene ring substituents is 1. The van der Waals surface area contributed by atoms with Crippen molar-refractivity contribution in [2.75, 3.05) is 5.32 Å². The lowest BCUT2D eigenvalue weighted by molar-refractivity contribution is -0.385. The van der Waals surface area contributed by atoms with Gasteiger partial charge in [0.1, 0.15) is 0 Å². The SMILES string of the molecule is Cc1ccc([C@@H]2Nc3c(C)cc([N+](=O)[O-])cc3[C@H]3C=CC[C@H]32)cc1. The van der Waals surface area contributed by atoms with Gasteiger partial charge >= 0.3 is 0 Å². The van der Waals surface area contributed by atoms with Crippen LogP contribution in [-0.4, -0.2) is 4.92 Å². The molecule has 2 aromatic rings. The predicted octanol–water partition coefficient (Wildman–Crippen LogP) is 5.04. The number of aryl methyl sites for hydroxylation is 2. The number of benzene rings is 2. The molecule has 0 radical (unpaired) electrons. The summed E-state index contributed by atoms with van der Waals surface area (Å²) in [4.78, 5) is 10.9. The second-order valence-corrected chi connectivity index (χ2v) is 6.87. The van der Waals surface area contributed by atoms with Crippen LogP contribution in [0.25, 0.3) is 0 Å². The highest BCUT2D eigenvalue weighted by atomic mass is 16.6. The van der Waals surface area contributed by atoms with Crippen LogP contribution in [0.3, 0.4) is 0 Å². The summed E-state index contributed by atoms with van der Waals surface area (Å²) in [5, 5.41) is 14.9. The minimum absolute atomic E-state index is 0.181. The third-order valence-corrected chi connectivity index (χ3v) is 5.30. The average Bonchev–Trinajstić information content (AvgIpc) is 3.05. The average molecular weight is 320 g/mol. The van der Waals surface area contributed by atoms with E-state index in [0.717, 1.165) is 23.2 Å². The topological polar surface area (TPSA) is 55.2 Å². The van der Waals surface area contributed by atoms with Gasteiger partial charge in [-0.3, -0.25) is 10.1 Å². The van der Waals surface area contributed by atoms with E-state index in [1.165, 1.54) is 11.1 Å². The largest absolute Gasteiger partial charge is 0.377 e. The molecule has 1 aliphatic carbocycles. The Bertz CT molecular complexity index is 839. The second kappa shape index (κ2) is 5.48. The zero-order valence-corrected chi connectivity index (χ0v) is 13.8. The molecule has 4 nitrogen and oxygen atoms in total. The van der Waals surface area contributed by atoms with Gasteiger partial charge in [-0.15, -0.1) is 0 Å². The summed E-state index contributed by atoms with van der Waals surface area (Å²) in [7, 11) is 0. The predicted molar refractivity (Wildman–Crippen MR) is 95.4 cm³/mol. The number of allylic oxidation sites excluding steroid dienone is 2. The number of rotatable bonds is 2. The van der Waals surface area contributed by atoms with Crippen LogP contribution in [0.4, 0.5) is 11.4 Å². The van der Waals surface area contributed by atoms with Gasteiger partial charge in [0.2, 0.25) is 0 Å². The van der Waals surface area contributed by atoms with Gasteiger partial charge in [0.15, 0.2) is 0 Å². The van der Waals surface area contributed by atoms with Crippen LogP contribution in [0.5, 0.6) is 0 Å². The molecule has 0 saturated heterocycles. The highest BCUT2D eigenvalue weighted by Crippen LogP contribution is 2.51. The van der Waals surface area contributed by atoms with Crippen LogP contribution < -0.4 is 5.32 Å². The highest BCUT2D eigenvalue weighted by molar-refractivity contribution is 5.67. The van der Waals surface area contributed by atoms with Crippen molar-refractivity contribution in [3.05, 3.63) is 80.9 Å². The van der Waals surface area contributed by atoms with Crippen molar-refractivity contribution in [2.24, 2.45) is 5.92 Å². The number of non-ortho nitro benzene ring substituents is 1. The van der Waals surface area contributed by atoms with Gasteiger partial charge in [-0.05, 0) is 42.9 Å². The number of anilines is 1. The molecule has 0 aromatic heterocycles. The molecule has 1 N–H and O–H groups in total. The zero-order chi connectivity index (χ0) is 16.8. The van der Waals surface area contributed by atoms with Crippen LogP contribution in [0.1, 0.15) is 40.6 Å². The van der Waals surface area contributed by atoms with Crippen LogP contribution in [0.2, 0.25) is 0 Å². The molecule has 0 amide bonds. The van der Waals surface area contributed by atoms with Crippen molar-refractivity contribution in [1.29, 1.82) is 0 Å². The van der Waals surface area contributed by atoms with Gasteiger partial charge in [0.05, 0.1) is 11.0 Å². The van der Waals surface area contributed by atoms with E-state index < -0.39 is 0 Å². The van der Waals surface area contributed by atoms with Crippen LogP contribution in [0, 0.1) is 29.9 Å². The van der Waals surface area contributed by atoms with Crippen LogP contribution in [-0.2, 0) is 0 Å². The Morgan fingerprint density at radius 2 is 1.92 bits per heavy atom. The third kappa shape index (κ3) is 2.30. The quantitative estimate of drug-likeness (QED) is 0.479. The van der Waals surface area contributed by atoms with E-state index in [4.69, 9.17) is 0 Å². The summed E-state index contributed by atoms with van der Waals surface area (Å²) in [6.45, 7) is 4.04. The molecule has 0 saturated carbocycles. The van der Waals surface area contributed by atoms with Crippen molar-refractivity contribution < 1.29 is 4.92 Å². The maximum Gasteiger partial charge on any atom is 0.270 e. The molecular formula is C20H20N2O2. The monoisotopic (exact) mass is 320 g/mol. The fourth-order valence-corrected chi connectivity index (χ4v) is 4.08. The lowest BCUT2D eigenvalue weighted by Gasteiger charge is -2.38. The standard InChI is InChI=1S/C20H20N2O2/c1-12-6-8-14(9-7-12)20-17-5-3-4-16(17)18-11-15(22(23)24)10-13(2)19(18)21-20/h3-4,6-11,16-17,20-21H,5H2,1-2H3/t16-,17+,20-/m0/s1. The summed E-state index contributed by atoms with van der Waals surface area (Å²) < 4.78 is 0. The Hall–Kier alpha value is -2.62. The first kappa shape index (κ1) is 14.9. The molecule has 122 valence electrons. The van der Waals surface area contributed by atoms with E-state index in [1.54, 1.807) is 12.1 Å². The summed E-state index contributed by atoms with van der Waals surface area (Å²) in [6.07, 6.45) is 5.42. The Kier molecular flexibility index (Phi) is 3.41. The number of nitrogens with zero attached hydrogens (tertiary/aromatic N) is 1. The van der Waals surface area contributed by atoms with Gasteiger partial charge in [0, 0.05) is 23.7 Å². The van der Waals surface area contributed by atoms with Gasteiger partial charge < -0.3 is 5.32 Å². The normalized spacial score (nSPS) is 24.2. The Balaban J connectivity index is 1.82. The highest BCUT2D eigenvalue weighted by Gasteiger charge is 2.39. The minimum atomic E-state index is -0.299. The molecule has 0 unspecified atom stereocenters. The second-order valence-electron chi connectivity index (χ2n) is 6.87. The van der Waals surface area contributed by atoms with Gasteiger partial charge in [0.25, 0.3) is 5.69 Å². The van der Waals surface area contributed by atoms with Crippen molar-refractivity contribution in [3.8, 4) is 0 Å². The summed E-state index contributed by atoms with van der Waals surface area (Å²) in [5.41, 5.74) is 5.77. The van der Waals surface area contributed by atoms with E-state index in [1.807, 2.05) is 6.92 Å².